The van der Waals surface area contributed by atoms with E-state index in [-0.39, 0.29) is 36.6 Å². The second kappa shape index (κ2) is 5.36. The van der Waals surface area contributed by atoms with Crippen molar-refractivity contribution in [2.24, 2.45) is 10.8 Å². The molecule has 2 unspecified atom stereocenters. The maximum absolute atomic E-state index is 13.2. The van der Waals surface area contributed by atoms with Crippen molar-refractivity contribution < 1.29 is 27.6 Å². The molecule has 4 fully saturated rings. The summed E-state index contributed by atoms with van der Waals surface area (Å²) in [6.07, 6.45) is -0.723. The molecule has 1 aromatic rings. The largest absolute Gasteiger partial charge is 0.435 e. The zero-order chi connectivity index (χ0) is 19.9. The number of alkyl halides is 3. The molecule has 1 N–H and O–H groups in total. The number of carbonyl (C=O) groups excluding carboxylic acids is 3. The summed E-state index contributed by atoms with van der Waals surface area (Å²) in [6.45, 7) is 0.112. The van der Waals surface area contributed by atoms with Crippen LogP contribution in [0.25, 0.3) is 0 Å². The van der Waals surface area contributed by atoms with Crippen molar-refractivity contribution in [3.05, 3.63) is 17.5 Å². The molecule has 2 atom stereocenters. The highest BCUT2D eigenvalue weighted by Gasteiger charge is 2.71. The minimum absolute atomic E-state index is 0.0562. The van der Waals surface area contributed by atoms with Crippen LogP contribution in [0.3, 0.4) is 0 Å². The van der Waals surface area contributed by atoms with Gasteiger partial charge >= 0.3 is 6.18 Å². The second-order valence-electron chi connectivity index (χ2n) is 8.40. The Kier molecular flexibility index (Phi) is 3.38. The number of halogens is 3. The lowest BCUT2D eigenvalue weighted by molar-refractivity contribution is -0.141. The summed E-state index contributed by atoms with van der Waals surface area (Å²) in [7, 11) is 0. The quantitative estimate of drug-likeness (QED) is 0.774. The summed E-state index contributed by atoms with van der Waals surface area (Å²) < 4.78 is 40.6. The predicted molar refractivity (Wildman–Crippen MR) is 87.9 cm³/mol. The van der Waals surface area contributed by atoms with Crippen LogP contribution in [0.4, 0.5) is 13.2 Å². The van der Waals surface area contributed by atoms with Crippen LogP contribution in [0.5, 0.6) is 0 Å². The number of amides is 3. The molecule has 10 heteroatoms. The normalized spacial score (nSPS) is 32.3. The second-order valence-corrected chi connectivity index (χ2v) is 8.40. The van der Waals surface area contributed by atoms with Crippen molar-refractivity contribution in [1.82, 2.24) is 20.0 Å². The van der Waals surface area contributed by atoms with Gasteiger partial charge in [-0.3, -0.25) is 24.4 Å². The third-order valence-corrected chi connectivity index (χ3v) is 6.82. The van der Waals surface area contributed by atoms with Gasteiger partial charge in [0.05, 0.1) is 16.9 Å². The van der Waals surface area contributed by atoms with Crippen LogP contribution < -0.4 is 5.32 Å². The molecule has 3 heterocycles. The smallest absolute Gasteiger partial charge is 0.335 e. The van der Waals surface area contributed by atoms with Crippen molar-refractivity contribution in [3.8, 4) is 0 Å². The molecule has 0 spiro atoms. The topological polar surface area (TPSA) is 84.3 Å². The number of likely N-dealkylation sites (tertiary alicyclic amines) is 1. The first-order chi connectivity index (χ1) is 13.2. The summed E-state index contributed by atoms with van der Waals surface area (Å²) in [5.41, 5.74) is -3.14. The fourth-order valence-electron chi connectivity index (χ4n) is 5.24. The fourth-order valence-corrected chi connectivity index (χ4v) is 5.24. The average Bonchev–Trinajstić information content (AvgIpc) is 3.19. The van der Waals surface area contributed by atoms with Crippen LogP contribution in [0.1, 0.15) is 60.7 Å². The number of imide groups is 1. The van der Waals surface area contributed by atoms with E-state index in [0.717, 1.165) is 18.9 Å². The van der Waals surface area contributed by atoms with E-state index in [9.17, 15) is 27.6 Å². The third kappa shape index (κ3) is 2.17. The Bertz CT molecular complexity index is 874. The van der Waals surface area contributed by atoms with Crippen LogP contribution in [-0.4, -0.2) is 45.5 Å². The van der Waals surface area contributed by atoms with Crippen LogP contribution in [-0.2, 0) is 15.8 Å². The van der Waals surface area contributed by atoms with Crippen molar-refractivity contribution in [2.45, 2.75) is 50.7 Å². The zero-order valence-electron chi connectivity index (χ0n) is 15.0. The molecule has 2 saturated heterocycles. The van der Waals surface area contributed by atoms with E-state index < -0.39 is 28.6 Å². The number of hydrogen-bond acceptors (Lipinski definition) is 4. The molecule has 5 rings (SSSR count). The number of nitrogens with one attached hydrogen (secondary N) is 1. The molecule has 0 aromatic carbocycles. The van der Waals surface area contributed by atoms with Crippen LogP contribution in [0.15, 0.2) is 6.07 Å². The molecular weight excluding hydrogens is 377 g/mol. The van der Waals surface area contributed by atoms with E-state index in [2.05, 4.69) is 10.4 Å². The first-order valence-electron chi connectivity index (χ1n) is 9.50. The van der Waals surface area contributed by atoms with Gasteiger partial charge in [0.1, 0.15) is 5.69 Å². The molecule has 2 saturated carbocycles. The molecule has 4 aliphatic rings. The van der Waals surface area contributed by atoms with Gasteiger partial charge in [0.2, 0.25) is 11.8 Å². The molecular formula is C18H19F3N4O3. The highest BCUT2D eigenvalue weighted by molar-refractivity contribution is 6.11. The molecule has 150 valence electrons. The number of rotatable bonds is 2. The van der Waals surface area contributed by atoms with Gasteiger partial charge in [-0.2, -0.15) is 18.3 Å². The molecule has 2 aliphatic heterocycles. The summed E-state index contributed by atoms with van der Waals surface area (Å²) in [6, 6.07) is 0.580. The van der Waals surface area contributed by atoms with E-state index in [4.69, 9.17) is 0 Å². The van der Waals surface area contributed by atoms with Crippen molar-refractivity contribution in [3.63, 3.8) is 0 Å². The Balaban J connectivity index is 1.52. The molecule has 0 bridgehead atoms. The Morgan fingerprint density at radius 1 is 1.11 bits per heavy atom. The van der Waals surface area contributed by atoms with Gasteiger partial charge in [-0.05, 0) is 25.7 Å². The van der Waals surface area contributed by atoms with E-state index in [1.807, 2.05) is 0 Å². The first-order valence-corrected chi connectivity index (χ1v) is 9.50. The standard InChI is InChI=1S/C18H19F3N4O3/c19-18(20,21)12-7-11(25(23-12)10-3-4-10)13(26)24-8-16-5-1-2-6-17(16,9-24)15(28)22-14(16)27/h7,10H,1-6,8-9H2,(H,22,27,28). The lowest BCUT2D eigenvalue weighted by Crippen LogP contribution is -2.46. The summed E-state index contributed by atoms with van der Waals surface area (Å²) in [5, 5.41) is 6.05. The van der Waals surface area contributed by atoms with E-state index in [1.165, 1.54) is 9.58 Å². The molecule has 3 amide bonds. The molecule has 2 aliphatic carbocycles. The number of carbonyl (C=O) groups is 3. The van der Waals surface area contributed by atoms with Crippen LogP contribution >= 0.6 is 0 Å². The number of nitrogens with zero attached hydrogens (tertiary/aromatic N) is 3. The first kappa shape index (κ1) is 17.7. The Morgan fingerprint density at radius 2 is 1.68 bits per heavy atom. The molecule has 7 nitrogen and oxygen atoms in total. The fraction of sp³-hybridized carbons (Fsp3) is 0.667. The summed E-state index contributed by atoms with van der Waals surface area (Å²) >= 11 is 0. The Morgan fingerprint density at radius 3 is 2.18 bits per heavy atom. The van der Waals surface area contributed by atoms with Gasteiger partial charge in [-0.1, -0.05) is 12.8 Å². The van der Waals surface area contributed by atoms with Gasteiger partial charge in [-0.25, -0.2) is 0 Å². The SMILES string of the molecule is O=C(c1cc(C(F)(F)F)nn1C1CC1)N1CC23CCCCC2(C1)C(=O)NC3=O. The van der Waals surface area contributed by atoms with E-state index >= 15 is 0 Å². The average molecular weight is 396 g/mol. The van der Waals surface area contributed by atoms with Crippen molar-refractivity contribution in [1.29, 1.82) is 0 Å². The molecule has 0 radical (unpaired) electrons. The van der Waals surface area contributed by atoms with E-state index in [1.54, 1.807) is 0 Å². The maximum Gasteiger partial charge on any atom is 0.435 e. The predicted octanol–water partition coefficient (Wildman–Crippen LogP) is 1.90. The monoisotopic (exact) mass is 396 g/mol. The van der Waals surface area contributed by atoms with Gasteiger partial charge in [0.15, 0.2) is 5.69 Å². The highest BCUT2D eigenvalue weighted by atomic mass is 19.4. The Labute approximate surface area is 158 Å². The lowest BCUT2D eigenvalue weighted by Gasteiger charge is -2.38. The van der Waals surface area contributed by atoms with Gasteiger partial charge in [0.25, 0.3) is 5.91 Å². The van der Waals surface area contributed by atoms with Gasteiger partial charge in [-0.15, -0.1) is 0 Å². The highest BCUT2D eigenvalue weighted by Crippen LogP contribution is 2.59. The minimum atomic E-state index is -4.64. The van der Waals surface area contributed by atoms with Gasteiger partial charge < -0.3 is 4.90 Å². The Hall–Kier alpha value is -2.39. The minimum Gasteiger partial charge on any atom is -0.335 e. The zero-order valence-corrected chi connectivity index (χ0v) is 15.0. The lowest BCUT2D eigenvalue weighted by atomic mass is 9.59. The number of aromatic nitrogens is 2. The molecule has 28 heavy (non-hydrogen) atoms. The summed E-state index contributed by atoms with van der Waals surface area (Å²) in [4.78, 5) is 39.8. The molecule has 1 aromatic heterocycles. The van der Waals surface area contributed by atoms with E-state index in [0.29, 0.717) is 25.7 Å². The van der Waals surface area contributed by atoms with Crippen LogP contribution in [0, 0.1) is 10.8 Å². The number of hydrogen-bond donors (Lipinski definition) is 1. The van der Waals surface area contributed by atoms with Gasteiger partial charge in [0, 0.05) is 19.2 Å². The van der Waals surface area contributed by atoms with Crippen molar-refractivity contribution in [2.75, 3.05) is 13.1 Å². The van der Waals surface area contributed by atoms with Crippen LogP contribution in [0.2, 0.25) is 0 Å². The third-order valence-electron chi connectivity index (χ3n) is 6.82. The maximum atomic E-state index is 13.2. The summed E-state index contributed by atoms with van der Waals surface area (Å²) in [5.74, 6) is -1.32. The van der Waals surface area contributed by atoms with Crippen molar-refractivity contribution >= 4 is 17.7 Å².